The van der Waals surface area contributed by atoms with E-state index in [0.29, 0.717) is 26.4 Å². The molecule has 0 amide bonds. The third-order valence-corrected chi connectivity index (χ3v) is 4.21. The molecule has 0 saturated heterocycles. The SMILES string of the molecule is NC(c1ccc(Cl)c(Cl)c1)c1cc2c(Cl)cccc2o1. The summed E-state index contributed by atoms with van der Waals surface area (Å²) in [7, 11) is 0. The van der Waals surface area contributed by atoms with Crippen molar-refractivity contribution < 1.29 is 4.42 Å². The first-order valence-electron chi connectivity index (χ1n) is 5.95. The molecule has 0 bridgehead atoms. The van der Waals surface area contributed by atoms with E-state index < -0.39 is 6.04 Å². The molecule has 0 radical (unpaired) electrons. The minimum absolute atomic E-state index is 0.423. The highest BCUT2D eigenvalue weighted by Gasteiger charge is 2.16. The van der Waals surface area contributed by atoms with E-state index in [4.69, 9.17) is 45.0 Å². The predicted molar refractivity (Wildman–Crippen MR) is 83.7 cm³/mol. The molecule has 0 aliphatic carbocycles. The Labute approximate surface area is 131 Å². The number of benzene rings is 2. The van der Waals surface area contributed by atoms with Crippen molar-refractivity contribution in [2.75, 3.05) is 0 Å². The maximum absolute atomic E-state index is 6.21. The smallest absolute Gasteiger partial charge is 0.135 e. The molecule has 2 nitrogen and oxygen atoms in total. The van der Waals surface area contributed by atoms with E-state index in [0.717, 1.165) is 10.9 Å². The van der Waals surface area contributed by atoms with Crippen LogP contribution in [-0.2, 0) is 0 Å². The Hall–Kier alpha value is -1.19. The van der Waals surface area contributed by atoms with Gasteiger partial charge in [-0.15, -0.1) is 0 Å². The van der Waals surface area contributed by atoms with E-state index >= 15 is 0 Å². The molecule has 0 aliphatic rings. The van der Waals surface area contributed by atoms with Crippen molar-refractivity contribution in [3.63, 3.8) is 0 Å². The molecule has 0 aliphatic heterocycles. The number of nitrogens with two attached hydrogens (primary N) is 1. The molecule has 3 aromatic rings. The number of rotatable bonds is 2. The summed E-state index contributed by atoms with van der Waals surface area (Å²) in [6.07, 6.45) is 0. The lowest BCUT2D eigenvalue weighted by Crippen LogP contribution is -2.10. The van der Waals surface area contributed by atoms with Crippen molar-refractivity contribution in [1.29, 1.82) is 0 Å². The molecular formula is C15H10Cl3NO. The van der Waals surface area contributed by atoms with Crippen LogP contribution in [0.4, 0.5) is 0 Å². The van der Waals surface area contributed by atoms with Gasteiger partial charge in [-0.05, 0) is 35.9 Å². The minimum Gasteiger partial charge on any atom is -0.459 e. The van der Waals surface area contributed by atoms with Gasteiger partial charge in [-0.2, -0.15) is 0 Å². The van der Waals surface area contributed by atoms with E-state index in [1.807, 2.05) is 30.3 Å². The molecule has 1 atom stereocenters. The number of halogens is 3. The van der Waals surface area contributed by atoms with Gasteiger partial charge in [0.15, 0.2) is 0 Å². The van der Waals surface area contributed by atoms with Crippen LogP contribution < -0.4 is 5.73 Å². The van der Waals surface area contributed by atoms with Crippen LogP contribution in [0.5, 0.6) is 0 Å². The summed E-state index contributed by atoms with van der Waals surface area (Å²) in [5.41, 5.74) is 7.75. The fourth-order valence-electron chi connectivity index (χ4n) is 2.07. The van der Waals surface area contributed by atoms with Crippen LogP contribution >= 0.6 is 34.8 Å². The summed E-state index contributed by atoms with van der Waals surface area (Å²) >= 11 is 18.0. The zero-order valence-electron chi connectivity index (χ0n) is 10.2. The Morgan fingerprint density at radius 2 is 1.70 bits per heavy atom. The van der Waals surface area contributed by atoms with Gasteiger partial charge in [0, 0.05) is 5.39 Å². The molecule has 2 aromatic carbocycles. The van der Waals surface area contributed by atoms with Crippen molar-refractivity contribution in [3.8, 4) is 0 Å². The fourth-order valence-corrected chi connectivity index (χ4v) is 2.60. The van der Waals surface area contributed by atoms with Gasteiger partial charge in [-0.25, -0.2) is 0 Å². The van der Waals surface area contributed by atoms with Crippen LogP contribution in [0.3, 0.4) is 0 Å². The second-order valence-electron chi connectivity index (χ2n) is 4.45. The standard InChI is InChI=1S/C15H10Cl3NO/c16-10-2-1-3-13-9(10)7-14(20-13)15(19)8-4-5-11(17)12(18)6-8/h1-7,15H,19H2. The van der Waals surface area contributed by atoms with Gasteiger partial charge in [0.05, 0.1) is 21.1 Å². The van der Waals surface area contributed by atoms with Crippen LogP contribution in [0.1, 0.15) is 17.4 Å². The Morgan fingerprint density at radius 1 is 0.900 bits per heavy atom. The van der Waals surface area contributed by atoms with Crippen molar-refractivity contribution in [2.24, 2.45) is 5.73 Å². The maximum Gasteiger partial charge on any atom is 0.135 e. The third-order valence-electron chi connectivity index (χ3n) is 3.14. The van der Waals surface area contributed by atoms with Crippen molar-refractivity contribution in [1.82, 2.24) is 0 Å². The van der Waals surface area contributed by atoms with Gasteiger partial charge in [0.1, 0.15) is 11.3 Å². The molecule has 1 aromatic heterocycles. The molecule has 2 N–H and O–H groups in total. The van der Waals surface area contributed by atoms with Gasteiger partial charge < -0.3 is 10.2 Å². The van der Waals surface area contributed by atoms with Gasteiger partial charge in [0.2, 0.25) is 0 Å². The fraction of sp³-hybridized carbons (Fsp3) is 0.0667. The topological polar surface area (TPSA) is 39.2 Å². The number of hydrogen-bond donors (Lipinski definition) is 1. The zero-order chi connectivity index (χ0) is 14.3. The van der Waals surface area contributed by atoms with E-state index in [1.54, 1.807) is 12.1 Å². The summed E-state index contributed by atoms with van der Waals surface area (Å²) in [5, 5.41) is 2.45. The van der Waals surface area contributed by atoms with E-state index in [2.05, 4.69) is 0 Å². The molecule has 0 saturated carbocycles. The first-order chi connectivity index (χ1) is 9.56. The normalized spacial score (nSPS) is 12.8. The summed E-state index contributed by atoms with van der Waals surface area (Å²) < 4.78 is 5.75. The average Bonchev–Trinajstić information content (AvgIpc) is 2.86. The average molecular weight is 327 g/mol. The molecule has 20 heavy (non-hydrogen) atoms. The molecule has 1 unspecified atom stereocenters. The Kier molecular flexibility index (Phi) is 3.65. The van der Waals surface area contributed by atoms with Gasteiger partial charge >= 0.3 is 0 Å². The van der Waals surface area contributed by atoms with Crippen molar-refractivity contribution in [3.05, 3.63) is 68.9 Å². The summed E-state index contributed by atoms with van der Waals surface area (Å²) in [5.74, 6) is 0.631. The van der Waals surface area contributed by atoms with E-state index in [1.165, 1.54) is 0 Å². The highest BCUT2D eigenvalue weighted by molar-refractivity contribution is 6.42. The highest BCUT2D eigenvalue weighted by Crippen LogP contribution is 2.32. The van der Waals surface area contributed by atoms with Crippen LogP contribution in [0, 0.1) is 0 Å². The second-order valence-corrected chi connectivity index (χ2v) is 5.67. The third kappa shape index (κ3) is 2.40. The first-order valence-corrected chi connectivity index (χ1v) is 7.08. The monoisotopic (exact) mass is 325 g/mol. The first kappa shape index (κ1) is 13.8. The van der Waals surface area contributed by atoms with E-state index in [-0.39, 0.29) is 0 Å². The van der Waals surface area contributed by atoms with Gasteiger partial charge in [-0.3, -0.25) is 0 Å². The second kappa shape index (κ2) is 5.30. The summed E-state index contributed by atoms with van der Waals surface area (Å²) in [4.78, 5) is 0. The number of hydrogen-bond acceptors (Lipinski definition) is 2. The van der Waals surface area contributed by atoms with E-state index in [9.17, 15) is 0 Å². The quantitative estimate of drug-likeness (QED) is 0.681. The van der Waals surface area contributed by atoms with Crippen molar-refractivity contribution >= 4 is 45.8 Å². The van der Waals surface area contributed by atoms with Crippen molar-refractivity contribution in [2.45, 2.75) is 6.04 Å². The molecular weight excluding hydrogens is 317 g/mol. The Bertz CT molecular complexity index is 782. The molecule has 5 heteroatoms. The van der Waals surface area contributed by atoms with Crippen LogP contribution in [-0.4, -0.2) is 0 Å². The van der Waals surface area contributed by atoms with Crippen LogP contribution in [0.2, 0.25) is 15.1 Å². The number of fused-ring (bicyclic) bond motifs is 1. The molecule has 0 spiro atoms. The summed E-state index contributed by atoms with van der Waals surface area (Å²) in [6, 6.07) is 12.2. The predicted octanol–water partition coefficient (Wildman–Crippen LogP) is 5.44. The molecule has 0 fully saturated rings. The lowest BCUT2D eigenvalue weighted by molar-refractivity contribution is 0.525. The minimum atomic E-state index is -0.423. The highest BCUT2D eigenvalue weighted by atomic mass is 35.5. The Morgan fingerprint density at radius 3 is 2.40 bits per heavy atom. The molecule has 1 heterocycles. The summed E-state index contributed by atoms with van der Waals surface area (Å²) in [6.45, 7) is 0. The largest absolute Gasteiger partial charge is 0.459 e. The number of furan rings is 1. The van der Waals surface area contributed by atoms with Crippen LogP contribution in [0.25, 0.3) is 11.0 Å². The van der Waals surface area contributed by atoms with Gasteiger partial charge in [0.25, 0.3) is 0 Å². The van der Waals surface area contributed by atoms with Crippen LogP contribution in [0.15, 0.2) is 46.9 Å². The maximum atomic E-state index is 6.21. The zero-order valence-corrected chi connectivity index (χ0v) is 12.5. The van der Waals surface area contributed by atoms with Gasteiger partial charge in [-0.1, -0.05) is 46.9 Å². The lowest BCUT2D eigenvalue weighted by atomic mass is 10.1. The Balaban J connectivity index is 2.05. The molecule has 3 rings (SSSR count). The molecule has 102 valence electrons. The lowest BCUT2D eigenvalue weighted by Gasteiger charge is -2.09.